The Labute approximate surface area is 167 Å². The SMILES string of the molecule is CC(=O)N[C@@]1(C)C[C@H](c2ccc(-n3ccnc3C)cc2)O[C@@H]2C[C@H](C)CC[C@H]21. The fraction of sp³-hybridized carbons (Fsp3) is 0.565. The van der Waals surface area contributed by atoms with Crippen LogP contribution in [0.2, 0.25) is 0 Å². The van der Waals surface area contributed by atoms with Crippen LogP contribution in [0.1, 0.15) is 63.9 Å². The summed E-state index contributed by atoms with van der Waals surface area (Å²) >= 11 is 0. The lowest BCUT2D eigenvalue weighted by atomic mass is 9.66. The van der Waals surface area contributed by atoms with Gasteiger partial charge in [-0.15, -0.1) is 0 Å². The number of aryl methyl sites for hydroxylation is 1. The third-order valence-electron chi connectivity index (χ3n) is 6.65. The van der Waals surface area contributed by atoms with Crippen LogP contribution >= 0.6 is 0 Å². The highest BCUT2D eigenvalue weighted by molar-refractivity contribution is 5.73. The van der Waals surface area contributed by atoms with Crippen LogP contribution in [0, 0.1) is 18.8 Å². The molecule has 5 nitrogen and oxygen atoms in total. The van der Waals surface area contributed by atoms with Gasteiger partial charge in [-0.05, 0) is 50.3 Å². The highest BCUT2D eigenvalue weighted by Crippen LogP contribution is 2.47. The summed E-state index contributed by atoms with van der Waals surface area (Å²) in [5.41, 5.74) is 2.05. The predicted molar refractivity (Wildman–Crippen MR) is 109 cm³/mol. The fourth-order valence-electron chi connectivity index (χ4n) is 5.25. The van der Waals surface area contributed by atoms with Gasteiger partial charge in [0.25, 0.3) is 0 Å². The van der Waals surface area contributed by atoms with Gasteiger partial charge in [-0.1, -0.05) is 25.5 Å². The van der Waals surface area contributed by atoms with Crippen molar-refractivity contribution in [3.05, 3.63) is 48.0 Å². The second-order valence-electron chi connectivity index (χ2n) is 8.93. The van der Waals surface area contributed by atoms with Crippen molar-refractivity contribution >= 4 is 5.91 Å². The quantitative estimate of drug-likeness (QED) is 0.860. The highest BCUT2D eigenvalue weighted by atomic mass is 16.5. The van der Waals surface area contributed by atoms with Crippen molar-refractivity contribution in [3.63, 3.8) is 0 Å². The number of hydrogen-bond donors (Lipinski definition) is 1. The Morgan fingerprint density at radius 2 is 2.04 bits per heavy atom. The minimum atomic E-state index is -0.223. The average molecular weight is 382 g/mol. The monoisotopic (exact) mass is 381 g/mol. The van der Waals surface area contributed by atoms with Crippen molar-refractivity contribution in [2.24, 2.45) is 11.8 Å². The predicted octanol–water partition coefficient (Wildman–Crippen LogP) is 4.34. The zero-order valence-corrected chi connectivity index (χ0v) is 17.3. The topological polar surface area (TPSA) is 56.2 Å². The van der Waals surface area contributed by atoms with Gasteiger partial charge in [0.15, 0.2) is 0 Å². The summed E-state index contributed by atoms with van der Waals surface area (Å²) in [6.07, 6.45) is 8.21. The molecule has 0 radical (unpaired) electrons. The minimum Gasteiger partial charge on any atom is -0.370 e. The Kier molecular flexibility index (Phi) is 5.04. The molecular formula is C23H31N3O2. The molecule has 2 aromatic rings. The Bertz CT molecular complexity index is 844. The molecule has 0 unspecified atom stereocenters. The molecule has 0 spiro atoms. The molecule has 2 fully saturated rings. The minimum absolute atomic E-state index is 0.00124. The maximum absolute atomic E-state index is 11.9. The van der Waals surface area contributed by atoms with E-state index in [9.17, 15) is 4.79 Å². The molecule has 1 aliphatic carbocycles. The van der Waals surface area contributed by atoms with E-state index >= 15 is 0 Å². The smallest absolute Gasteiger partial charge is 0.217 e. The van der Waals surface area contributed by atoms with Crippen LogP contribution < -0.4 is 5.32 Å². The number of carbonyl (C=O) groups is 1. The average Bonchev–Trinajstić information content (AvgIpc) is 3.06. The van der Waals surface area contributed by atoms with Crippen molar-refractivity contribution in [3.8, 4) is 5.69 Å². The van der Waals surface area contributed by atoms with E-state index in [1.807, 2.05) is 19.3 Å². The molecule has 2 heterocycles. The molecule has 5 atom stereocenters. The number of nitrogens with one attached hydrogen (secondary N) is 1. The molecule has 0 bridgehead atoms. The first-order valence-corrected chi connectivity index (χ1v) is 10.4. The third kappa shape index (κ3) is 3.60. The van der Waals surface area contributed by atoms with Crippen molar-refractivity contribution in [2.75, 3.05) is 0 Å². The lowest BCUT2D eigenvalue weighted by Gasteiger charge is -2.52. The third-order valence-corrected chi connectivity index (χ3v) is 6.65. The molecular weight excluding hydrogens is 350 g/mol. The van der Waals surface area contributed by atoms with Gasteiger partial charge in [0.1, 0.15) is 5.82 Å². The lowest BCUT2D eigenvalue weighted by molar-refractivity contribution is -0.153. The summed E-state index contributed by atoms with van der Waals surface area (Å²) in [5, 5.41) is 3.28. The number of ether oxygens (including phenoxy) is 1. The van der Waals surface area contributed by atoms with Gasteiger partial charge in [-0.3, -0.25) is 4.79 Å². The standard InChI is InChI=1S/C23H31N3O2/c1-15-5-10-20-21(13-15)28-22(14-23(20,4)25-17(3)27)18-6-8-19(9-7-18)26-12-11-24-16(26)2/h6-9,11-12,15,20-22H,5,10,13-14H2,1-4H3,(H,25,27)/t15-,20-,21-,22-,23+/m1/s1. The molecule has 4 rings (SSSR count). The normalized spacial score (nSPS) is 32.6. The van der Waals surface area contributed by atoms with Crippen LogP contribution in [0.25, 0.3) is 5.69 Å². The Morgan fingerprint density at radius 3 is 2.68 bits per heavy atom. The zero-order valence-electron chi connectivity index (χ0n) is 17.3. The maximum atomic E-state index is 11.9. The van der Waals surface area contributed by atoms with Gasteiger partial charge >= 0.3 is 0 Å². The first kappa shape index (κ1) is 19.2. The van der Waals surface area contributed by atoms with Gasteiger partial charge in [0.2, 0.25) is 5.91 Å². The van der Waals surface area contributed by atoms with Crippen LogP contribution in [0.5, 0.6) is 0 Å². The van der Waals surface area contributed by atoms with E-state index in [2.05, 4.69) is 53.0 Å². The molecule has 1 aromatic heterocycles. The van der Waals surface area contributed by atoms with Crippen LogP contribution in [0.3, 0.4) is 0 Å². The second kappa shape index (κ2) is 7.36. The van der Waals surface area contributed by atoms with Gasteiger partial charge in [0.05, 0.1) is 12.2 Å². The largest absolute Gasteiger partial charge is 0.370 e. The first-order valence-electron chi connectivity index (χ1n) is 10.4. The Balaban J connectivity index is 1.60. The Morgan fingerprint density at radius 1 is 1.29 bits per heavy atom. The number of fused-ring (bicyclic) bond motifs is 1. The number of hydrogen-bond acceptors (Lipinski definition) is 3. The molecule has 150 valence electrons. The number of imidazole rings is 1. The molecule has 1 saturated heterocycles. The molecule has 5 heteroatoms. The van der Waals surface area contributed by atoms with Crippen LogP contribution in [0.15, 0.2) is 36.7 Å². The number of aromatic nitrogens is 2. The van der Waals surface area contributed by atoms with Crippen molar-refractivity contribution in [1.82, 2.24) is 14.9 Å². The second-order valence-corrected chi connectivity index (χ2v) is 8.93. The summed E-state index contributed by atoms with van der Waals surface area (Å²) in [5.74, 6) is 2.08. The summed E-state index contributed by atoms with van der Waals surface area (Å²) in [4.78, 5) is 16.2. The van der Waals surface area contributed by atoms with Crippen LogP contribution in [-0.4, -0.2) is 27.1 Å². The van der Waals surface area contributed by atoms with Crippen molar-refractivity contribution in [2.45, 2.75) is 71.1 Å². The van der Waals surface area contributed by atoms with Gasteiger partial charge in [-0.2, -0.15) is 0 Å². The summed E-state index contributed by atoms with van der Waals surface area (Å²) < 4.78 is 8.68. The van der Waals surface area contributed by atoms with Crippen molar-refractivity contribution in [1.29, 1.82) is 0 Å². The number of rotatable bonds is 3. The van der Waals surface area contributed by atoms with Crippen molar-refractivity contribution < 1.29 is 9.53 Å². The first-order chi connectivity index (χ1) is 13.4. The van der Waals surface area contributed by atoms with E-state index in [0.29, 0.717) is 11.8 Å². The molecule has 1 saturated carbocycles. The number of carbonyl (C=O) groups excluding carboxylic acids is 1. The molecule has 1 N–H and O–H groups in total. The van der Waals surface area contributed by atoms with E-state index in [1.165, 1.54) is 12.0 Å². The van der Waals surface area contributed by atoms with E-state index in [1.54, 1.807) is 6.92 Å². The molecule has 1 aliphatic heterocycles. The highest BCUT2D eigenvalue weighted by Gasteiger charge is 2.49. The van der Waals surface area contributed by atoms with E-state index in [-0.39, 0.29) is 23.7 Å². The van der Waals surface area contributed by atoms with Gasteiger partial charge in [0, 0.05) is 42.9 Å². The number of benzene rings is 1. The maximum Gasteiger partial charge on any atom is 0.217 e. The Hall–Kier alpha value is -2.14. The lowest BCUT2D eigenvalue weighted by Crippen LogP contribution is -2.60. The van der Waals surface area contributed by atoms with E-state index in [4.69, 9.17) is 4.74 Å². The molecule has 2 aliphatic rings. The molecule has 28 heavy (non-hydrogen) atoms. The fourth-order valence-corrected chi connectivity index (χ4v) is 5.25. The summed E-state index contributed by atoms with van der Waals surface area (Å²) in [6.45, 7) is 8.14. The van der Waals surface area contributed by atoms with E-state index < -0.39 is 0 Å². The zero-order chi connectivity index (χ0) is 19.9. The van der Waals surface area contributed by atoms with Gasteiger partial charge in [-0.25, -0.2) is 4.98 Å². The van der Waals surface area contributed by atoms with Crippen LogP contribution in [0.4, 0.5) is 0 Å². The number of amides is 1. The molecule has 1 amide bonds. The van der Waals surface area contributed by atoms with Crippen LogP contribution in [-0.2, 0) is 9.53 Å². The molecule has 1 aromatic carbocycles. The van der Waals surface area contributed by atoms with E-state index in [0.717, 1.165) is 30.8 Å². The number of nitrogens with zero attached hydrogens (tertiary/aromatic N) is 2. The summed E-state index contributed by atoms with van der Waals surface area (Å²) in [7, 11) is 0. The van der Waals surface area contributed by atoms with Gasteiger partial charge < -0.3 is 14.6 Å². The summed E-state index contributed by atoms with van der Waals surface area (Å²) in [6, 6.07) is 8.55.